The van der Waals surface area contributed by atoms with Crippen molar-refractivity contribution in [3.8, 4) is 5.75 Å². The smallest absolute Gasteiger partial charge is 0.119 e. The van der Waals surface area contributed by atoms with Crippen molar-refractivity contribution in [2.24, 2.45) is 16.7 Å². The summed E-state index contributed by atoms with van der Waals surface area (Å²) < 4.78 is 6.25. The summed E-state index contributed by atoms with van der Waals surface area (Å²) in [5, 5.41) is 0. The second-order valence-electron chi connectivity index (χ2n) is 6.53. The van der Waals surface area contributed by atoms with E-state index in [2.05, 4.69) is 45.0 Å². The largest absolute Gasteiger partial charge is 0.490 e. The fourth-order valence-corrected chi connectivity index (χ4v) is 3.97. The summed E-state index contributed by atoms with van der Waals surface area (Å²) in [6, 6.07) is 10.3. The molecule has 3 rings (SSSR count). The van der Waals surface area contributed by atoms with Crippen LogP contribution < -0.4 is 4.74 Å². The normalized spacial score (nSPS) is 38.3. The Morgan fingerprint density at radius 3 is 2.35 bits per heavy atom. The van der Waals surface area contributed by atoms with Crippen LogP contribution in [0.2, 0.25) is 0 Å². The standard InChI is InChI=1S/C16H22O/c1-15(2)12-9-10-16(15,3)14(11-12)17-13-7-5-4-6-8-13/h4-8,12,14H,9-11H2,1-3H3/t12-,14+,16-/m0/s1. The van der Waals surface area contributed by atoms with E-state index in [1.54, 1.807) is 0 Å². The Balaban J connectivity index is 1.83. The van der Waals surface area contributed by atoms with Crippen molar-refractivity contribution in [2.45, 2.75) is 46.1 Å². The van der Waals surface area contributed by atoms with Gasteiger partial charge in [0.25, 0.3) is 0 Å². The first-order valence-corrected chi connectivity index (χ1v) is 6.76. The average molecular weight is 230 g/mol. The van der Waals surface area contributed by atoms with Crippen LogP contribution in [0.25, 0.3) is 0 Å². The van der Waals surface area contributed by atoms with E-state index in [1.165, 1.54) is 19.3 Å². The maximum Gasteiger partial charge on any atom is 0.119 e. The molecule has 1 heteroatoms. The van der Waals surface area contributed by atoms with Crippen molar-refractivity contribution in [1.29, 1.82) is 0 Å². The van der Waals surface area contributed by atoms with E-state index < -0.39 is 0 Å². The van der Waals surface area contributed by atoms with Crippen LogP contribution in [0.3, 0.4) is 0 Å². The van der Waals surface area contributed by atoms with E-state index in [4.69, 9.17) is 4.74 Å². The molecule has 0 radical (unpaired) electrons. The maximum absolute atomic E-state index is 6.25. The molecule has 0 spiro atoms. The Labute approximate surface area is 104 Å². The van der Waals surface area contributed by atoms with Gasteiger partial charge in [0.05, 0.1) is 0 Å². The van der Waals surface area contributed by atoms with Crippen LogP contribution in [0.5, 0.6) is 5.75 Å². The first-order valence-electron chi connectivity index (χ1n) is 6.76. The molecule has 2 aliphatic carbocycles. The highest BCUT2D eigenvalue weighted by molar-refractivity contribution is 5.23. The molecule has 92 valence electrons. The number of ether oxygens (including phenoxy) is 1. The number of rotatable bonds is 2. The lowest BCUT2D eigenvalue weighted by atomic mass is 9.70. The van der Waals surface area contributed by atoms with Crippen LogP contribution in [-0.2, 0) is 0 Å². The number of benzene rings is 1. The molecule has 3 atom stereocenters. The molecule has 2 fully saturated rings. The molecule has 17 heavy (non-hydrogen) atoms. The lowest BCUT2D eigenvalue weighted by Gasteiger charge is -2.38. The van der Waals surface area contributed by atoms with Gasteiger partial charge in [0.1, 0.15) is 11.9 Å². The van der Waals surface area contributed by atoms with Crippen molar-refractivity contribution in [2.75, 3.05) is 0 Å². The molecule has 0 aliphatic heterocycles. The number of hydrogen-bond donors (Lipinski definition) is 0. The van der Waals surface area contributed by atoms with E-state index >= 15 is 0 Å². The summed E-state index contributed by atoms with van der Waals surface area (Å²) in [7, 11) is 0. The molecule has 0 N–H and O–H groups in total. The maximum atomic E-state index is 6.25. The van der Waals surface area contributed by atoms with Crippen LogP contribution in [0.1, 0.15) is 40.0 Å². The third-order valence-electron chi connectivity index (χ3n) is 5.74. The predicted molar refractivity (Wildman–Crippen MR) is 70.1 cm³/mol. The summed E-state index contributed by atoms with van der Waals surface area (Å²) in [6.07, 6.45) is 4.34. The quantitative estimate of drug-likeness (QED) is 0.737. The van der Waals surface area contributed by atoms with Gasteiger partial charge in [-0.1, -0.05) is 39.0 Å². The van der Waals surface area contributed by atoms with Crippen LogP contribution in [0, 0.1) is 16.7 Å². The number of fused-ring (bicyclic) bond motifs is 2. The summed E-state index contributed by atoms with van der Waals surface area (Å²) in [4.78, 5) is 0. The van der Waals surface area contributed by atoms with Crippen molar-refractivity contribution in [1.82, 2.24) is 0 Å². The topological polar surface area (TPSA) is 9.23 Å². The molecular weight excluding hydrogens is 208 g/mol. The molecule has 1 aromatic carbocycles. The molecular formula is C16H22O. The van der Waals surface area contributed by atoms with Gasteiger partial charge in [-0.2, -0.15) is 0 Å². The highest BCUT2D eigenvalue weighted by Gasteiger charge is 2.62. The van der Waals surface area contributed by atoms with Gasteiger partial charge in [-0.25, -0.2) is 0 Å². The molecule has 0 aromatic heterocycles. The molecule has 0 unspecified atom stereocenters. The van der Waals surface area contributed by atoms with Gasteiger partial charge in [-0.15, -0.1) is 0 Å². The molecule has 1 nitrogen and oxygen atoms in total. The highest BCUT2D eigenvalue weighted by atomic mass is 16.5. The average Bonchev–Trinajstić information content (AvgIpc) is 2.63. The van der Waals surface area contributed by atoms with Gasteiger partial charge >= 0.3 is 0 Å². The molecule has 1 aromatic rings. The lowest BCUT2D eigenvalue weighted by molar-refractivity contribution is 0.0302. The molecule has 0 heterocycles. The molecule has 2 aliphatic rings. The van der Waals surface area contributed by atoms with Gasteiger partial charge in [0.15, 0.2) is 0 Å². The molecule has 2 saturated carbocycles. The zero-order valence-electron chi connectivity index (χ0n) is 11.1. The highest BCUT2D eigenvalue weighted by Crippen LogP contribution is 2.66. The van der Waals surface area contributed by atoms with Crippen LogP contribution in [0.4, 0.5) is 0 Å². The molecule has 2 bridgehead atoms. The molecule has 0 amide bonds. The van der Waals surface area contributed by atoms with E-state index in [1.807, 2.05) is 6.07 Å². The van der Waals surface area contributed by atoms with Crippen molar-refractivity contribution < 1.29 is 4.74 Å². The fraction of sp³-hybridized carbons (Fsp3) is 0.625. The monoisotopic (exact) mass is 230 g/mol. The Bertz CT molecular complexity index is 409. The van der Waals surface area contributed by atoms with E-state index in [9.17, 15) is 0 Å². The second kappa shape index (κ2) is 3.51. The van der Waals surface area contributed by atoms with Gasteiger partial charge in [0.2, 0.25) is 0 Å². The van der Waals surface area contributed by atoms with Crippen LogP contribution in [0.15, 0.2) is 30.3 Å². The van der Waals surface area contributed by atoms with Gasteiger partial charge < -0.3 is 4.74 Å². The van der Waals surface area contributed by atoms with Crippen molar-refractivity contribution in [3.63, 3.8) is 0 Å². The Hall–Kier alpha value is -0.980. The van der Waals surface area contributed by atoms with Gasteiger partial charge in [-0.3, -0.25) is 0 Å². The third-order valence-corrected chi connectivity index (χ3v) is 5.74. The minimum Gasteiger partial charge on any atom is -0.490 e. The zero-order valence-corrected chi connectivity index (χ0v) is 11.1. The summed E-state index contributed by atoms with van der Waals surface area (Å²) in [6.45, 7) is 7.28. The van der Waals surface area contributed by atoms with Crippen LogP contribution >= 0.6 is 0 Å². The summed E-state index contributed by atoms with van der Waals surface area (Å²) >= 11 is 0. The van der Waals surface area contributed by atoms with Crippen LogP contribution in [-0.4, -0.2) is 6.10 Å². The first-order chi connectivity index (χ1) is 8.04. The fourth-order valence-electron chi connectivity index (χ4n) is 3.97. The second-order valence-corrected chi connectivity index (χ2v) is 6.53. The van der Waals surface area contributed by atoms with E-state index in [-0.39, 0.29) is 0 Å². The minimum absolute atomic E-state index is 0.355. The Morgan fingerprint density at radius 1 is 1.12 bits per heavy atom. The lowest BCUT2D eigenvalue weighted by Crippen LogP contribution is -2.38. The summed E-state index contributed by atoms with van der Waals surface area (Å²) in [5.41, 5.74) is 0.792. The molecule has 0 saturated heterocycles. The number of hydrogen-bond acceptors (Lipinski definition) is 1. The third kappa shape index (κ3) is 1.44. The van der Waals surface area contributed by atoms with E-state index in [0.717, 1.165) is 11.7 Å². The van der Waals surface area contributed by atoms with Crippen molar-refractivity contribution >= 4 is 0 Å². The summed E-state index contributed by atoms with van der Waals surface area (Å²) in [5.74, 6) is 1.88. The number of para-hydroxylation sites is 1. The Kier molecular flexibility index (Phi) is 2.30. The first kappa shape index (κ1) is 11.1. The van der Waals surface area contributed by atoms with Gasteiger partial charge in [0, 0.05) is 5.41 Å². The van der Waals surface area contributed by atoms with Crippen molar-refractivity contribution in [3.05, 3.63) is 30.3 Å². The minimum atomic E-state index is 0.355. The SMILES string of the molecule is CC1(C)[C@H]2CC[C@@]1(C)[C@H](Oc1ccccc1)C2. The van der Waals surface area contributed by atoms with E-state index in [0.29, 0.717) is 16.9 Å². The Morgan fingerprint density at radius 2 is 1.82 bits per heavy atom. The van der Waals surface area contributed by atoms with Gasteiger partial charge in [-0.05, 0) is 42.7 Å². The predicted octanol–water partition coefficient (Wildman–Crippen LogP) is 4.28. The zero-order chi connectivity index (χ0) is 12.1.